The van der Waals surface area contributed by atoms with Crippen LogP contribution in [0, 0.1) is 0 Å². The fraction of sp³-hybridized carbons (Fsp3) is 0.273. The first-order valence-corrected chi connectivity index (χ1v) is 12.7. The Morgan fingerprint density at radius 2 is 1.86 bits per heavy atom. The average Bonchev–Trinajstić information content (AvgIpc) is 2.83. The topological polar surface area (TPSA) is 116 Å². The largest absolute Gasteiger partial charge is 0.416 e. The van der Waals surface area contributed by atoms with Gasteiger partial charge in [-0.05, 0) is 58.2 Å². The molecule has 3 rings (SSSR count). The van der Waals surface area contributed by atoms with Gasteiger partial charge < -0.3 is 15.7 Å². The minimum absolute atomic E-state index is 0.0529. The highest BCUT2D eigenvalue weighted by molar-refractivity contribution is 9.10. The first kappa shape index (κ1) is 26.9. The second-order valence-electron chi connectivity index (χ2n) is 7.49. The third-order valence-corrected chi connectivity index (χ3v) is 6.94. The molecule has 0 amide bonds. The van der Waals surface area contributed by atoms with Crippen LogP contribution < -0.4 is 15.4 Å². The molecule has 8 nitrogen and oxygen atoms in total. The highest BCUT2D eigenvalue weighted by atomic mass is 79.9. The van der Waals surface area contributed by atoms with Crippen molar-refractivity contribution in [3.8, 4) is 0 Å². The molecule has 4 N–H and O–H groups in total. The number of alkyl halides is 3. The van der Waals surface area contributed by atoms with Crippen molar-refractivity contribution in [2.75, 3.05) is 17.2 Å². The highest BCUT2D eigenvalue weighted by Gasteiger charge is 2.30. The quantitative estimate of drug-likeness (QED) is 0.278. The highest BCUT2D eigenvalue weighted by Crippen LogP contribution is 2.29. The van der Waals surface area contributed by atoms with Gasteiger partial charge in [-0.2, -0.15) is 18.2 Å². The van der Waals surface area contributed by atoms with Crippen LogP contribution in [0.1, 0.15) is 24.5 Å². The lowest BCUT2D eigenvalue weighted by molar-refractivity contribution is -0.137. The lowest BCUT2D eigenvalue weighted by Crippen LogP contribution is -2.23. The van der Waals surface area contributed by atoms with Gasteiger partial charge in [-0.1, -0.05) is 25.1 Å². The number of benzene rings is 2. The van der Waals surface area contributed by atoms with Crippen LogP contribution in [0.15, 0.2) is 64.1 Å². The lowest BCUT2D eigenvalue weighted by Gasteiger charge is -2.16. The summed E-state index contributed by atoms with van der Waals surface area (Å²) in [6, 6.07) is 10.0. The van der Waals surface area contributed by atoms with E-state index in [0.29, 0.717) is 22.4 Å². The molecule has 2 aromatic carbocycles. The fourth-order valence-electron chi connectivity index (χ4n) is 2.96. The Kier molecular flexibility index (Phi) is 8.70. The molecule has 3 aromatic rings. The molecular formula is C22H23BrF3N5O3S. The number of aromatic nitrogens is 2. The number of aliphatic hydroxyl groups excluding tert-OH is 1. The second-order valence-corrected chi connectivity index (χ2v) is 10.1. The van der Waals surface area contributed by atoms with Gasteiger partial charge in [0.05, 0.1) is 27.6 Å². The second kappa shape index (κ2) is 11.3. The van der Waals surface area contributed by atoms with Crippen molar-refractivity contribution in [3.63, 3.8) is 0 Å². The fourth-order valence-corrected chi connectivity index (χ4v) is 4.29. The molecule has 0 aliphatic rings. The number of rotatable bonds is 10. The first-order valence-electron chi connectivity index (χ1n) is 10.4. The van der Waals surface area contributed by atoms with Crippen LogP contribution in [-0.2, 0) is 22.7 Å². The molecule has 35 heavy (non-hydrogen) atoms. The molecule has 13 heteroatoms. The van der Waals surface area contributed by atoms with Crippen LogP contribution in [0.3, 0.4) is 0 Å². The van der Waals surface area contributed by atoms with Gasteiger partial charge in [0.1, 0.15) is 5.82 Å². The van der Waals surface area contributed by atoms with Crippen molar-refractivity contribution < 1.29 is 26.7 Å². The number of halogens is 4. The number of nitrogens with one attached hydrogen (secondary N) is 3. The number of sulfonamides is 1. The minimum Gasteiger partial charge on any atom is -0.394 e. The molecule has 1 heterocycles. The molecule has 1 aromatic heterocycles. The third kappa shape index (κ3) is 7.37. The SMILES string of the molecule is CCC(CO)Nc1nc(Nc2ccc(S(=O)(=O)NCc3cccc(C(F)(F)F)c3)cc2)ncc1Br. The Morgan fingerprint density at radius 1 is 1.14 bits per heavy atom. The number of aliphatic hydroxyl groups is 1. The van der Waals surface area contributed by atoms with Crippen molar-refractivity contribution in [2.24, 2.45) is 0 Å². The molecule has 0 fully saturated rings. The van der Waals surface area contributed by atoms with E-state index < -0.39 is 21.8 Å². The van der Waals surface area contributed by atoms with E-state index in [-0.39, 0.29) is 35.6 Å². The van der Waals surface area contributed by atoms with Crippen molar-refractivity contribution >= 4 is 43.4 Å². The van der Waals surface area contributed by atoms with E-state index in [2.05, 4.69) is 41.3 Å². The Hall–Kier alpha value is -2.74. The smallest absolute Gasteiger partial charge is 0.394 e. The summed E-state index contributed by atoms with van der Waals surface area (Å²) in [5.41, 5.74) is -0.144. The summed E-state index contributed by atoms with van der Waals surface area (Å²) >= 11 is 3.35. The van der Waals surface area contributed by atoms with Gasteiger partial charge in [0.15, 0.2) is 0 Å². The summed E-state index contributed by atoms with van der Waals surface area (Å²) in [7, 11) is -3.96. The summed E-state index contributed by atoms with van der Waals surface area (Å²) in [4.78, 5) is 8.48. The molecule has 0 saturated carbocycles. The normalized spacial score (nSPS) is 12.9. The van der Waals surface area contributed by atoms with Crippen molar-refractivity contribution in [1.82, 2.24) is 14.7 Å². The van der Waals surface area contributed by atoms with E-state index in [9.17, 15) is 26.7 Å². The van der Waals surface area contributed by atoms with Crippen LogP contribution in [-0.4, -0.2) is 36.1 Å². The molecule has 0 aliphatic heterocycles. The van der Waals surface area contributed by atoms with Gasteiger partial charge in [-0.25, -0.2) is 18.1 Å². The average molecular weight is 574 g/mol. The summed E-state index contributed by atoms with van der Waals surface area (Å²) in [6.45, 7) is 1.57. The van der Waals surface area contributed by atoms with E-state index in [4.69, 9.17) is 0 Å². The number of anilines is 3. The standard InChI is InChI=1S/C22H23BrF3N5O3S/c1-2-16(13-32)29-20-19(23)12-27-21(31-20)30-17-6-8-18(9-7-17)35(33,34)28-11-14-4-3-5-15(10-14)22(24,25)26/h3-10,12,16,28,32H,2,11,13H2,1H3,(H2,27,29,30,31). The monoisotopic (exact) mass is 573 g/mol. The van der Waals surface area contributed by atoms with E-state index in [1.54, 1.807) is 0 Å². The van der Waals surface area contributed by atoms with E-state index in [1.807, 2.05) is 6.92 Å². The summed E-state index contributed by atoms with van der Waals surface area (Å²) in [5, 5.41) is 15.5. The lowest BCUT2D eigenvalue weighted by atomic mass is 10.1. The Bertz CT molecular complexity index is 1250. The summed E-state index contributed by atoms with van der Waals surface area (Å²) in [6.07, 6.45) is -2.28. The molecule has 188 valence electrons. The summed E-state index contributed by atoms with van der Waals surface area (Å²) < 4.78 is 66.7. The predicted octanol–water partition coefficient (Wildman–Crippen LogP) is 4.66. The van der Waals surface area contributed by atoms with Crippen molar-refractivity contribution in [1.29, 1.82) is 0 Å². The molecule has 0 radical (unpaired) electrons. The van der Waals surface area contributed by atoms with Crippen LogP contribution in [0.25, 0.3) is 0 Å². The van der Waals surface area contributed by atoms with Crippen LogP contribution in [0.2, 0.25) is 0 Å². The van der Waals surface area contributed by atoms with Gasteiger partial charge in [0, 0.05) is 18.4 Å². The maximum Gasteiger partial charge on any atom is 0.416 e. The maximum absolute atomic E-state index is 12.9. The first-order chi connectivity index (χ1) is 16.5. The van der Waals surface area contributed by atoms with E-state index in [0.717, 1.165) is 12.1 Å². The maximum atomic E-state index is 12.9. The van der Waals surface area contributed by atoms with Gasteiger partial charge >= 0.3 is 6.18 Å². The Labute approximate surface area is 209 Å². The zero-order valence-corrected chi connectivity index (χ0v) is 20.9. The third-order valence-electron chi connectivity index (χ3n) is 4.94. The predicted molar refractivity (Wildman–Crippen MR) is 130 cm³/mol. The minimum atomic E-state index is -4.51. The van der Waals surface area contributed by atoms with Gasteiger partial charge in [-0.15, -0.1) is 0 Å². The van der Waals surface area contributed by atoms with Gasteiger partial charge in [-0.3, -0.25) is 0 Å². The van der Waals surface area contributed by atoms with Gasteiger partial charge in [0.2, 0.25) is 16.0 Å². The van der Waals surface area contributed by atoms with Crippen LogP contribution in [0.4, 0.5) is 30.6 Å². The molecule has 0 aliphatic carbocycles. The Morgan fingerprint density at radius 3 is 2.49 bits per heavy atom. The Balaban J connectivity index is 1.67. The van der Waals surface area contributed by atoms with Crippen LogP contribution >= 0.6 is 15.9 Å². The van der Waals surface area contributed by atoms with Crippen LogP contribution in [0.5, 0.6) is 0 Å². The molecule has 0 saturated heterocycles. The zero-order valence-electron chi connectivity index (χ0n) is 18.5. The van der Waals surface area contributed by atoms with Crippen molar-refractivity contribution in [3.05, 3.63) is 70.3 Å². The van der Waals surface area contributed by atoms with Gasteiger partial charge in [0.25, 0.3) is 0 Å². The molecular weight excluding hydrogens is 551 g/mol. The summed E-state index contributed by atoms with van der Waals surface area (Å²) in [5.74, 6) is 0.739. The molecule has 1 unspecified atom stereocenters. The number of nitrogens with zero attached hydrogens (tertiary/aromatic N) is 2. The molecule has 1 atom stereocenters. The van der Waals surface area contributed by atoms with Crippen molar-refractivity contribution in [2.45, 2.75) is 37.0 Å². The molecule has 0 spiro atoms. The number of hydrogen-bond donors (Lipinski definition) is 4. The van der Waals surface area contributed by atoms with E-state index >= 15 is 0 Å². The number of hydrogen-bond acceptors (Lipinski definition) is 7. The zero-order chi connectivity index (χ0) is 25.6. The molecule has 0 bridgehead atoms. The van der Waals surface area contributed by atoms with E-state index in [1.165, 1.54) is 42.6 Å².